The molecule has 92 valence electrons. The first-order chi connectivity index (χ1) is 8.25. The van der Waals surface area contributed by atoms with Gasteiger partial charge in [0.2, 0.25) is 0 Å². The molecule has 0 aliphatic heterocycles. The molecular formula is C13H20N4. The number of pyridine rings is 1. The van der Waals surface area contributed by atoms with Gasteiger partial charge in [-0.3, -0.25) is 15.3 Å². The minimum absolute atomic E-state index is 0.289. The molecule has 3 N–H and O–H groups in total. The fourth-order valence-electron chi connectivity index (χ4n) is 2.00. The highest BCUT2D eigenvalue weighted by atomic mass is 15.2. The summed E-state index contributed by atoms with van der Waals surface area (Å²) in [5, 5.41) is 7.29. The van der Waals surface area contributed by atoms with Gasteiger partial charge >= 0.3 is 0 Å². The zero-order valence-electron chi connectivity index (χ0n) is 10.1. The molecule has 1 saturated carbocycles. The van der Waals surface area contributed by atoms with Gasteiger partial charge in [-0.15, -0.1) is 0 Å². The van der Waals surface area contributed by atoms with Crippen molar-refractivity contribution in [3.63, 3.8) is 0 Å². The smallest absolute Gasteiger partial charge is 0.0918 e. The fraction of sp³-hybridized carbons (Fsp3) is 0.538. The van der Waals surface area contributed by atoms with Gasteiger partial charge in [0.1, 0.15) is 0 Å². The van der Waals surface area contributed by atoms with Gasteiger partial charge in [0, 0.05) is 37.9 Å². The number of rotatable bonds is 7. The number of aromatic nitrogens is 1. The maximum atomic E-state index is 7.29. The second kappa shape index (κ2) is 5.77. The number of amidine groups is 1. The first kappa shape index (κ1) is 12.0. The second-order valence-electron chi connectivity index (χ2n) is 4.65. The van der Waals surface area contributed by atoms with Crippen LogP contribution in [0.2, 0.25) is 0 Å². The van der Waals surface area contributed by atoms with E-state index in [2.05, 4.69) is 16.0 Å². The van der Waals surface area contributed by atoms with Gasteiger partial charge in [-0.05, 0) is 30.9 Å². The second-order valence-corrected chi connectivity index (χ2v) is 4.65. The van der Waals surface area contributed by atoms with E-state index >= 15 is 0 Å². The van der Waals surface area contributed by atoms with Gasteiger partial charge in [-0.2, -0.15) is 0 Å². The molecule has 1 aliphatic rings. The van der Waals surface area contributed by atoms with E-state index in [0.717, 1.165) is 25.6 Å². The zero-order valence-corrected chi connectivity index (χ0v) is 10.1. The van der Waals surface area contributed by atoms with Gasteiger partial charge in [-0.25, -0.2) is 0 Å². The molecule has 17 heavy (non-hydrogen) atoms. The van der Waals surface area contributed by atoms with Crippen LogP contribution in [0, 0.1) is 5.41 Å². The molecular weight excluding hydrogens is 212 g/mol. The van der Waals surface area contributed by atoms with Crippen molar-refractivity contribution in [1.29, 1.82) is 5.41 Å². The Morgan fingerprint density at radius 2 is 2.29 bits per heavy atom. The Morgan fingerprint density at radius 1 is 1.47 bits per heavy atom. The normalized spacial score (nSPS) is 15.1. The van der Waals surface area contributed by atoms with E-state index < -0.39 is 0 Å². The number of nitrogens with one attached hydrogen (secondary N) is 1. The molecule has 0 saturated heterocycles. The summed E-state index contributed by atoms with van der Waals surface area (Å²) in [7, 11) is 0. The van der Waals surface area contributed by atoms with E-state index in [1.54, 1.807) is 6.20 Å². The highest BCUT2D eigenvalue weighted by Gasteiger charge is 2.28. The van der Waals surface area contributed by atoms with Crippen LogP contribution < -0.4 is 5.73 Å². The molecule has 0 unspecified atom stereocenters. The van der Waals surface area contributed by atoms with Crippen LogP contribution in [0.4, 0.5) is 0 Å². The lowest BCUT2D eigenvalue weighted by molar-refractivity contribution is 0.274. The van der Waals surface area contributed by atoms with Gasteiger partial charge < -0.3 is 5.73 Å². The van der Waals surface area contributed by atoms with Crippen LogP contribution >= 0.6 is 0 Å². The average molecular weight is 232 g/mol. The van der Waals surface area contributed by atoms with Crippen LogP contribution in [0.5, 0.6) is 0 Å². The summed E-state index contributed by atoms with van der Waals surface area (Å²) < 4.78 is 0. The summed E-state index contributed by atoms with van der Waals surface area (Å²) in [6.45, 7) is 1.96. The van der Waals surface area contributed by atoms with E-state index in [1.165, 1.54) is 18.4 Å². The molecule has 1 aliphatic carbocycles. The van der Waals surface area contributed by atoms with Gasteiger partial charge in [0.25, 0.3) is 0 Å². The molecule has 0 amide bonds. The third kappa shape index (κ3) is 4.15. The molecule has 0 spiro atoms. The minimum atomic E-state index is 0.289. The van der Waals surface area contributed by atoms with Crippen molar-refractivity contribution in [2.45, 2.75) is 31.7 Å². The van der Waals surface area contributed by atoms with E-state index in [1.807, 2.05) is 12.3 Å². The van der Waals surface area contributed by atoms with Crippen molar-refractivity contribution in [3.05, 3.63) is 30.1 Å². The Bertz CT molecular complexity index is 359. The first-order valence-corrected chi connectivity index (χ1v) is 6.21. The van der Waals surface area contributed by atoms with Crippen LogP contribution in [0.3, 0.4) is 0 Å². The Labute approximate surface area is 102 Å². The van der Waals surface area contributed by atoms with Crippen molar-refractivity contribution in [2.24, 2.45) is 5.73 Å². The fourth-order valence-corrected chi connectivity index (χ4v) is 2.00. The van der Waals surface area contributed by atoms with Crippen molar-refractivity contribution in [1.82, 2.24) is 9.88 Å². The lowest BCUT2D eigenvalue weighted by Crippen LogP contribution is -2.31. The maximum absolute atomic E-state index is 7.29. The summed E-state index contributed by atoms with van der Waals surface area (Å²) in [6.07, 6.45) is 8.04. The summed E-state index contributed by atoms with van der Waals surface area (Å²) in [5.41, 5.74) is 6.69. The van der Waals surface area contributed by atoms with Crippen molar-refractivity contribution in [2.75, 3.05) is 13.1 Å². The molecule has 0 aromatic carbocycles. The number of nitrogens with zero attached hydrogens (tertiary/aromatic N) is 2. The number of hydrogen-bond acceptors (Lipinski definition) is 3. The van der Waals surface area contributed by atoms with Crippen LogP contribution in [-0.4, -0.2) is 34.9 Å². The summed E-state index contributed by atoms with van der Waals surface area (Å²) in [6, 6.07) is 4.82. The molecule has 0 atom stereocenters. The van der Waals surface area contributed by atoms with Gasteiger partial charge in [0.15, 0.2) is 0 Å². The van der Waals surface area contributed by atoms with Crippen LogP contribution in [0.25, 0.3) is 0 Å². The summed E-state index contributed by atoms with van der Waals surface area (Å²) in [5.74, 6) is 0.289. The third-order valence-corrected chi connectivity index (χ3v) is 3.14. The highest BCUT2D eigenvalue weighted by Crippen LogP contribution is 2.26. The summed E-state index contributed by atoms with van der Waals surface area (Å²) >= 11 is 0. The summed E-state index contributed by atoms with van der Waals surface area (Å²) in [4.78, 5) is 6.58. The molecule has 1 heterocycles. The van der Waals surface area contributed by atoms with E-state index in [0.29, 0.717) is 6.42 Å². The van der Waals surface area contributed by atoms with Crippen molar-refractivity contribution < 1.29 is 0 Å². The Balaban J connectivity index is 1.79. The molecule has 1 fully saturated rings. The monoisotopic (exact) mass is 232 g/mol. The van der Waals surface area contributed by atoms with Crippen LogP contribution in [0.15, 0.2) is 24.5 Å². The lowest BCUT2D eigenvalue weighted by atomic mass is 10.2. The maximum Gasteiger partial charge on any atom is 0.0918 e. The largest absolute Gasteiger partial charge is 0.388 e. The van der Waals surface area contributed by atoms with Gasteiger partial charge in [-0.1, -0.05) is 6.07 Å². The van der Waals surface area contributed by atoms with Gasteiger partial charge in [0.05, 0.1) is 5.84 Å². The number of hydrogen-bond donors (Lipinski definition) is 2. The zero-order chi connectivity index (χ0) is 12.1. The standard InChI is InChI=1S/C13H20N4/c14-13(15)6-9-17(12-3-4-12)8-5-11-2-1-7-16-10-11/h1-2,7,10,12H,3-6,8-9H2,(H3,14,15). The SMILES string of the molecule is N=C(N)CCN(CCc1cccnc1)C1CC1. The molecule has 4 nitrogen and oxygen atoms in total. The third-order valence-electron chi connectivity index (χ3n) is 3.14. The number of nitrogens with two attached hydrogens (primary N) is 1. The molecule has 1 aromatic heterocycles. The topological polar surface area (TPSA) is 66.0 Å². The lowest BCUT2D eigenvalue weighted by Gasteiger charge is -2.21. The molecule has 4 heteroatoms. The first-order valence-electron chi connectivity index (χ1n) is 6.21. The van der Waals surface area contributed by atoms with E-state index in [4.69, 9.17) is 11.1 Å². The predicted octanol–water partition coefficient (Wildman–Crippen LogP) is 1.41. The molecule has 2 rings (SSSR count). The molecule has 0 radical (unpaired) electrons. The van der Waals surface area contributed by atoms with Crippen LogP contribution in [-0.2, 0) is 6.42 Å². The Morgan fingerprint density at radius 3 is 2.88 bits per heavy atom. The van der Waals surface area contributed by atoms with E-state index in [-0.39, 0.29) is 5.84 Å². The quantitative estimate of drug-likeness (QED) is 0.552. The van der Waals surface area contributed by atoms with Crippen LogP contribution in [0.1, 0.15) is 24.8 Å². The Kier molecular flexibility index (Phi) is 4.09. The highest BCUT2D eigenvalue weighted by molar-refractivity contribution is 5.76. The minimum Gasteiger partial charge on any atom is -0.388 e. The van der Waals surface area contributed by atoms with Crippen molar-refractivity contribution in [3.8, 4) is 0 Å². The van der Waals surface area contributed by atoms with Crippen molar-refractivity contribution >= 4 is 5.84 Å². The Hall–Kier alpha value is -1.42. The molecule has 0 bridgehead atoms. The molecule has 1 aromatic rings. The predicted molar refractivity (Wildman–Crippen MR) is 69.1 cm³/mol. The average Bonchev–Trinajstić information content (AvgIpc) is 3.14. The van der Waals surface area contributed by atoms with E-state index in [9.17, 15) is 0 Å².